The highest BCUT2D eigenvalue weighted by Gasteiger charge is 2.09. The molecule has 0 atom stereocenters. The van der Waals surface area contributed by atoms with Crippen LogP contribution in [0, 0.1) is 6.92 Å². The van der Waals surface area contributed by atoms with E-state index in [9.17, 15) is 0 Å². The zero-order valence-corrected chi connectivity index (χ0v) is 13.8. The third-order valence-electron chi connectivity index (χ3n) is 3.19. The number of benzene rings is 1. The lowest BCUT2D eigenvalue weighted by atomic mass is 10.0. The fourth-order valence-corrected chi connectivity index (χ4v) is 2.43. The molecule has 0 aliphatic rings. The third-order valence-corrected chi connectivity index (χ3v) is 3.62. The first kappa shape index (κ1) is 14.9. The van der Waals surface area contributed by atoms with E-state index in [0.29, 0.717) is 5.92 Å². The molecule has 20 heavy (non-hydrogen) atoms. The molecule has 0 radical (unpaired) electrons. The van der Waals surface area contributed by atoms with Crippen molar-refractivity contribution in [2.75, 3.05) is 12.4 Å². The number of rotatable bonds is 4. The van der Waals surface area contributed by atoms with Gasteiger partial charge in [-0.25, -0.2) is 4.98 Å². The van der Waals surface area contributed by atoms with Crippen LogP contribution < -0.4 is 10.1 Å². The van der Waals surface area contributed by atoms with Crippen LogP contribution >= 0.6 is 15.9 Å². The van der Waals surface area contributed by atoms with Crippen LogP contribution in [0.15, 0.2) is 34.9 Å². The standard InChI is InChI=1S/C16H19BrN2O/c1-10(2)12-5-6-15(20-4)14(8-12)19-16-11(3)7-13(17)9-18-16/h5-10H,1-4H3,(H,18,19). The lowest BCUT2D eigenvalue weighted by Crippen LogP contribution is -2.00. The Morgan fingerprint density at radius 1 is 1.25 bits per heavy atom. The van der Waals surface area contributed by atoms with Crippen LogP contribution in [0.5, 0.6) is 5.75 Å². The molecule has 2 rings (SSSR count). The van der Waals surface area contributed by atoms with E-state index in [1.54, 1.807) is 13.3 Å². The average molecular weight is 335 g/mol. The van der Waals surface area contributed by atoms with Crippen LogP contribution in [0.4, 0.5) is 11.5 Å². The number of pyridine rings is 1. The summed E-state index contributed by atoms with van der Waals surface area (Å²) in [6.45, 7) is 6.38. The summed E-state index contributed by atoms with van der Waals surface area (Å²) in [5, 5.41) is 3.36. The van der Waals surface area contributed by atoms with Crippen LogP contribution in [0.3, 0.4) is 0 Å². The van der Waals surface area contributed by atoms with E-state index in [0.717, 1.165) is 27.3 Å². The Balaban J connectivity index is 2.38. The van der Waals surface area contributed by atoms with Crippen molar-refractivity contribution in [1.82, 2.24) is 4.98 Å². The van der Waals surface area contributed by atoms with E-state index >= 15 is 0 Å². The van der Waals surface area contributed by atoms with Gasteiger partial charge in [-0.2, -0.15) is 0 Å². The largest absolute Gasteiger partial charge is 0.495 e. The van der Waals surface area contributed by atoms with E-state index in [1.165, 1.54) is 5.56 Å². The van der Waals surface area contributed by atoms with Crippen LogP contribution in [-0.2, 0) is 0 Å². The minimum Gasteiger partial charge on any atom is -0.495 e. The molecule has 1 aromatic carbocycles. The minimum absolute atomic E-state index is 0.473. The molecule has 106 valence electrons. The van der Waals surface area contributed by atoms with Gasteiger partial charge in [0.25, 0.3) is 0 Å². The summed E-state index contributed by atoms with van der Waals surface area (Å²) in [6, 6.07) is 8.24. The second-order valence-electron chi connectivity index (χ2n) is 5.06. The predicted octanol–water partition coefficient (Wildman–Crippen LogP) is 5.03. The van der Waals surface area contributed by atoms with Gasteiger partial charge < -0.3 is 10.1 Å². The molecule has 0 aliphatic heterocycles. The molecule has 0 fully saturated rings. The Labute approximate surface area is 128 Å². The van der Waals surface area contributed by atoms with Crippen LogP contribution in [0.25, 0.3) is 0 Å². The first-order valence-corrected chi connectivity index (χ1v) is 7.37. The molecule has 4 heteroatoms. The highest BCUT2D eigenvalue weighted by Crippen LogP contribution is 2.31. The van der Waals surface area contributed by atoms with Gasteiger partial charge in [-0.1, -0.05) is 19.9 Å². The highest BCUT2D eigenvalue weighted by atomic mass is 79.9. The second kappa shape index (κ2) is 6.27. The summed E-state index contributed by atoms with van der Waals surface area (Å²) in [4.78, 5) is 4.41. The molecule has 0 spiro atoms. The molecule has 0 unspecified atom stereocenters. The van der Waals surface area contributed by atoms with Crippen molar-refractivity contribution < 1.29 is 4.74 Å². The van der Waals surface area contributed by atoms with Crippen molar-refractivity contribution in [1.29, 1.82) is 0 Å². The summed E-state index contributed by atoms with van der Waals surface area (Å²) >= 11 is 3.43. The van der Waals surface area contributed by atoms with Crippen molar-refractivity contribution in [3.63, 3.8) is 0 Å². The topological polar surface area (TPSA) is 34.1 Å². The molecule has 2 aromatic rings. The molecule has 0 saturated heterocycles. The Kier molecular flexibility index (Phi) is 4.65. The van der Waals surface area contributed by atoms with Crippen LogP contribution in [-0.4, -0.2) is 12.1 Å². The molecule has 1 N–H and O–H groups in total. The first-order valence-electron chi connectivity index (χ1n) is 6.58. The Hall–Kier alpha value is -1.55. The van der Waals surface area contributed by atoms with Gasteiger partial charge in [-0.05, 0) is 58.1 Å². The van der Waals surface area contributed by atoms with Crippen molar-refractivity contribution in [3.8, 4) is 5.75 Å². The quantitative estimate of drug-likeness (QED) is 0.851. The van der Waals surface area contributed by atoms with Crippen LogP contribution in [0.1, 0.15) is 30.9 Å². The Bertz CT molecular complexity index is 611. The summed E-state index contributed by atoms with van der Waals surface area (Å²) in [7, 11) is 1.68. The molecule has 0 amide bonds. The molecular weight excluding hydrogens is 316 g/mol. The van der Waals surface area contributed by atoms with Crippen molar-refractivity contribution in [3.05, 3.63) is 46.1 Å². The number of ether oxygens (including phenoxy) is 1. The average Bonchev–Trinajstić information content (AvgIpc) is 2.41. The number of hydrogen-bond acceptors (Lipinski definition) is 3. The summed E-state index contributed by atoms with van der Waals surface area (Å²) in [5.41, 5.74) is 3.29. The van der Waals surface area contributed by atoms with E-state index in [1.807, 2.05) is 19.1 Å². The number of hydrogen-bond donors (Lipinski definition) is 1. The normalized spacial score (nSPS) is 10.7. The van der Waals surface area contributed by atoms with Gasteiger partial charge >= 0.3 is 0 Å². The van der Waals surface area contributed by atoms with Crippen LogP contribution in [0.2, 0.25) is 0 Å². The lowest BCUT2D eigenvalue weighted by Gasteiger charge is -2.15. The van der Waals surface area contributed by atoms with Gasteiger partial charge in [0.15, 0.2) is 0 Å². The summed E-state index contributed by atoms with van der Waals surface area (Å²) < 4.78 is 6.39. The number of aryl methyl sites for hydroxylation is 1. The van der Waals surface area contributed by atoms with Crippen molar-refractivity contribution in [2.24, 2.45) is 0 Å². The summed E-state index contributed by atoms with van der Waals surface area (Å²) in [6.07, 6.45) is 1.79. The van der Waals surface area contributed by atoms with Gasteiger partial charge in [0.05, 0.1) is 12.8 Å². The summed E-state index contributed by atoms with van der Waals surface area (Å²) in [5.74, 6) is 2.13. The maximum Gasteiger partial charge on any atom is 0.142 e. The Morgan fingerprint density at radius 2 is 2.00 bits per heavy atom. The molecule has 1 aromatic heterocycles. The van der Waals surface area contributed by atoms with E-state index in [2.05, 4.69) is 52.2 Å². The van der Waals surface area contributed by atoms with E-state index in [-0.39, 0.29) is 0 Å². The minimum atomic E-state index is 0.473. The molecule has 0 aliphatic carbocycles. The number of anilines is 2. The van der Waals surface area contributed by atoms with Gasteiger partial charge in [0, 0.05) is 10.7 Å². The SMILES string of the molecule is COc1ccc(C(C)C)cc1Nc1ncc(Br)cc1C. The van der Waals surface area contributed by atoms with Gasteiger partial charge in [-0.3, -0.25) is 0 Å². The fraction of sp³-hybridized carbons (Fsp3) is 0.312. The molecule has 0 bridgehead atoms. The van der Waals surface area contributed by atoms with Gasteiger partial charge in [0.2, 0.25) is 0 Å². The predicted molar refractivity (Wildman–Crippen MR) is 87.0 cm³/mol. The number of aromatic nitrogens is 1. The van der Waals surface area contributed by atoms with Crippen molar-refractivity contribution in [2.45, 2.75) is 26.7 Å². The van der Waals surface area contributed by atoms with Gasteiger partial charge in [0.1, 0.15) is 11.6 Å². The number of nitrogens with zero attached hydrogens (tertiary/aromatic N) is 1. The second-order valence-corrected chi connectivity index (χ2v) is 5.97. The monoisotopic (exact) mass is 334 g/mol. The van der Waals surface area contributed by atoms with E-state index < -0.39 is 0 Å². The molecular formula is C16H19BrN2O. The zero-order valence-electron chi connectivity index (χ0n) is 12.2. The molecule has 1 heterocycles. The Morgan fingerprint density at radius 3 is 2.60 bits per heavy atom. The van der Waals surface area contributed by atoms with E-state index in [4.69, 9.17) is 4.74 Å². The van der Waals surface area contributed by atoms with Crippen molar-refractivity contribution >= 4 is 27.4 Å². The first-order chi connectivity index (χ1) is 9.51. The number of halogens is 1. The molecule has 0 saturated carbocycles. The third kappa shape index (κ3) is 3.31. The lowest BCUT2D eigenvalue weighted by molar-refractivity contribution is 0.416. The van der Waals surface area contributed by atoms with Gasteiger partial charge in [-0.15, -0.1) is 0 Å². The zero-order chi connectivity index (χ0) is 14.7. The highest BCUT2D eigenvalue weighted by molar-refractivity contribution is 9.10. The smallest absolute Gasteiger partial charge is 0.142 e. The maximum atomic E-state index is 5.42. The fourth-order valence-electron chi connectivity index (χ4n) is 1.98. The number of methoxy groups -OCH3 is 1. The number of nitrogens with one attached hydrogen (secondary N) is 1. The maximum absolute atomic E-state index is 5.42. The molecule has 3 nitrogen and oxygen atoms in total.